The van der Waals surface area contributed by atoms with Crippen LogP contribution in [0.25, 0.3) is 0 Å². The van der Waals surface area contributed by atoms with Gasteiger partial charge in [0.15, 0.2) is 5.54 Å². The smallest absolute Gasteiger partial charge is 0.408 e. The predicted octanol–water partition coefficient (Wildman–Crippen LogP) is 4.07. The number of amides is 2. The zero-order valence-electron chi connectivity index (χ0n) is 20.3. The van der Waals surface area contributed by atoms with E-state index in [9.17, 15) is 14.4 Å². The number of esters is 1. The molecular formula is C26H31BrN2O6. The number of carbonyl (C=O) groups is 3. The molecule has 0 unspecified atom stereocenters. The van der Waals surface area contributed by atoms with Gasteiger partial charge in [0.25, 0.3) is 0 Å². The number of hydrogen-bond acceptors (Lipinski definition) is 6. The number of nitrogens with one attached hydrogen (secondary N) is 2. The van der Waals surface area contributed by atoms with E-state index in [0.29, 0.717) is 5.56 Å². The van der Waals surface area contributed by atoms with Crippen molar-refractivity contribution in [2.24, 2.45) is 0 Å². The Morgan fingerprint density at radius 1 is 1.11 bits per heavy atom. The highest BCUT2D eigenvalue weighted by Crippen LogP contribution is 2.39. The van der Waals surface area contributed by atoms with Crippen LogP contribution in [0, 0.1) is 0 Å². The summed E-state index contributed by atoms with van der Waals surface area (Å²) in [5, 5.41) is 5.58. The topological polar surface area (TPSA) is 103 Å². The van der Waals surface area contributed by atoms with Gasteiger partial charge in [-0.15, -0.1) is 0 Å². The molecule has 2 aromatic rings. The Hall–Kier alpha value is -2.91. The Kier molecular flexibility index (Phi) is 8.56. The summed E-state index contributed by atoms with van der Waals surface area (Å²) < 4.78 is 17.2. The molecule has 2 N–H and O–H groups in total. The van der Waals surface area contributed by atoms with Crippen molar-refractivity contribution in [3.8, 4) is 0 Å². The first-order chi connectivity index (χ1) is 16.5. The quantitative estimate of drug-likeness (QED) is 0.507. The molecular weight excluding hydrogens is 516 g/mol. The molecule has 9 heteroatoms. The molecule has 0 aromatic heterocycles. The first-order valence-corrected chi connectivity index (χ1v) is 12.1. The molecule has 1 heterocycles. The Bertz CT molecular complexity index is 1040. The molecule has 3 atom stereocenters. The van der Waals surface area contributed by atoms with Crippen molar-refractivity contribution in [2.75, 3.05) is 13.7 Å². The van der Waals surface area contributed by atoms with Crippen LogP contribution in [0.4, 0.5) is 4.79 Å². The number of methoxy groups -OCH3 is 1. The van der Waals surface area contributed by atoms with Crippen molar-refractivity contribution in [3.05, 3.63) is 70.2 Å². The van der Waals surface area contributed by atoms with Crippen LogP contribution < -0.4 is 10.6 Å². The van der Waals surface area contributed by atoms with E-state index < -0.39 is 41.3 Å². The van der Waals surface area contributed by atoms with Crippen molar-refractivity contribution in [1.29, 1.82) is 0 Å². The number of carbonyl (C=O) groups excluding carboxylic acids is 3. The molecule has 8 nitrogen and oxygen atoms in total. The van der Waals surface area contributed by atoms with Crippen LogP contribution in [-0.2, 0) is 30.2 Å². The molecule has 0 spiro atoms. The van der Waals surface area contributed by atoms with Gasteiger partial charge in [-0.3, -0.25) is 4.79 Å². The second kappa shape index (κ2) is 11.2. The zero-order valence-corrected chi connectivity index (χ0v) is 21.9. The maximum Gasteiger partial charge on any atom is 0.408 e. The van der Waals surface area contributed by atoms with E-state index in [0.717, 1.165) is 10.0 Å². The largest absolute Gasteiger partial charge is 0.467 e. The van der Waals surface area contributed by atoms with Crippen molar-refractivity contribution in [2.45, 2.75) is 56.9 Å². The monoisotopic (exact) mass is 546 g/mol. The fraction of sp³-hybridized carbons (Fsp3) is 0.423. The number of hydrogen-bond donors (Lipinski definition) is 2. The minimum absolute atomic E-state index is 0.192. The summed E-state index contributed by atoms with van der Waals surface area (Å²) >= 11 is 3.41. The lowest BCUT2D eigenvalue weighted by Crippen LogP contribution is -2.63. The lowest BCUT2D eigenvalue weighted by atomic mass is 9.85. The molecule has 0 bridgehead atoms. The van der Waals surface area contributed by atoms with Gasteiger partial charge in [-0.25, -0.2) is 9.59 Å². The molecule has 2 aromatic carbocycles. The molecule has 1 saturated heterocycles. The van der Waals surface area contributed by atoms with Gasteiger partial charge in [0.1, 0.15) is 17.7 Å². The van der Waals surface area contributed by atoms with E-state index in [-0.39, 0.29) is 19.4 Å². The Balaban J connectivity index is 1.95. The highest BCUT2D eigenvalue weighted by atomic mass is 79.9. The van der Waals surface area contributed by atoms with E-state index in [1.165, 1.54) is 7.11 Å². The van der Waals surface area contributed by atoms with Gasteiger partial charge in [0.05, 0.1) is 13.7 Å². The summed E-state index contributed by atoms with van der Waals surface area (Å²) in [6.45, 7) is 5.45. The van der Waals surface area contributed by atoms with E-state index in [1.807, 2.05) is 54.6 Å². The Morgan fingerprint density at radius 3 is 2.37 bits per heavy atom. The van der Waals surface area contributed by atoms with Crippen LogP contribution in [0.3, 0.4) is 0 Å². The van der Waals surface area contributed by atoms with Crippen LogP contribution >= 0.6 is 15.9 Å². The first kappa shape index (κ1) is 26.7. The van der Waals surface area contributed by atoms with Gasteiger partial charge >= 0.3 is 12.1 Å². The van der Waals surface area contributed by atoms with Gasteiger partial charge in [-0.05, 0) is 44.0 Å². The highest BCUT2D eigenvalue weighted by molar-refractivity contribution is 9.10. The molecule has 188 valence electrons. The van der Waals surface area contributed by atoms with Gasteiger partial charge < -0.3 is 24.8 Å². The minimum Gasteiger partial charge on any atom is -0.467 e. The molecule has 2 amide bonds. The number of halogens is 1. The lowest BCUT2D eigenvalue weighted by molar-refractivity contribution is -0.146. The van der Waals surface area contributed by atoms with Crippen molar-refractivity contribution in [1.82, 2.24) is 10.6 Å². The summed E-state index contributed by atoms with van der Waals surface area (Å²) in [7, 11) is 1.27. The third kappa shape index (κ3) is 6.82. The highest BCUT2D eigenvalue weighted by Gasteiger charge is 2.53. The van der Waals surface area contributed by atoms with Crippen molar-refractivity contribution < 1.29 is 28.6 Å². The molecule has 1 aliphatic heterocycles. The van der Waals surface area contributed by atoms with Crippen LogP contribution in [0.1, 0.15) is 44.4 Å². The molecule has 0 saturated carbocycles. The average Bonchev–Trinajstić information content (AvgIpc) is 3.22. The number of benzene rings is 2. The molecule has 0 aliphatic carbocycles. The minimum atomic E-state index is -1.50. The van der Waals surface area contributed by atoms with Crippen LogP contribution in [0.15, 0.2) is 59.1 Å². The van der Waals surface area contributed by atoms with Crippen LogP contribution in [-0.4, -0.2) is 48.9 Å². The fourth-order valence-corrected chi connectivity index (χ4v) is 4.27. The number of rotatable bonds is 7. The molecule has 0 radical (unpaired) electrons. The van der Waals surface area contributed by atoms with E-state index >= 15 is 0 Å². The SMILES string of the molecule is COC(=O)[C@H](Cc1ccccc1)NC(=O)[C@]1(NC(=O)OC(C)(C)C)CCO[C@@H]1c1ccc(Br)cc1. The third-order valence-electron chi connectivity index (χ3n) is 5.60. The van der Waals surface area contributed by atoms with Gasteiger partial charge in [-0.2, -0.15) is 0 Å². The maximum atomic E-state index is 13.9. The molecule has 1 fully saturated rings. The van der Waals surface area contributed by atoms with Crippen molar-refractivity contribution >= 4 is 33.9 Å². The van der Waals surface area contributed by atoms with Gasteiger partial charge in [0, 0.05) is 17.3 Å². The fourth-order valence-electron chi connectivity index (χ4n) is 4.00. The summed E-state index contributed by atoms with van der Waals surface area (Å²) in [5.41, 5.74) is -0.714. The van der Waals surface area contributed by atoms with E-state index in [4.69, 9.17) is 14.2 Å². The average molecular weight is 547 g/mol. The third-order valence-corrected chi connectivity index (χ3v) is 6.13. The van der Waals surface area contributed by atoms with Crippen molar-refractivity contribution in [3.63, 3.8) is 0 Å². The van der Waals surface area contributed by atoms with Crippen LogP contribution in [0.2, 0.25) is 0 Å². The second-order valence-electron chi connectivity index (χ2n) is 9.39. The van der Waals surface area contributed by atoms with Gasteiger partial charge in [0.2, 0.25) is 5.91 Å². The maximum absolute atomic E-state index is 13.9. The van der Waals surface area contributed by atoms with Crippen LogP contribution in [0.5, 0.6) is 0 Å². The summed E-state index contributed by atoms with van der Waals surface area (Å²) in [6.07, 6.45) is -1.13. The molecule has 3 rings (SSSR count). The molecule has 1 aliphatic rings. The lowest BCUT2D eigenvalue weighted by Gasteiger charge is -2.35. The number of alkyl carbamates (subject to hydrolysis) is 1. The second-order valence-corrected chi connectivity index (χ2v) is 10.3. The van der Waals surface area contributed by atoms with Gasteiger partial charge in [-0.1, -0.05) is 58.4 Å². The Labute approximate surface area is 213 Å². The standard InChI is InChI=1S/C26H31BrN2O6/c1-25(2,3)35-24(32)29-26(14-15-34-21(26)18-10-12-19(27)13-11-18)23(31)28-20(22(30)33-4)16-17-8-6-5-7-9-17/h5-13,20-21H,14-16H2,1-4H3,(H,28,31)(H,29,32)/t20-,21+,26-/m0/s1. The number of ether oxygens (including phenoxy) is 3. The predicted molar refractivity (Wildman–Crippen MR) is 134 cm³/mol. The summed E-state index contributed by atoms with van der Waals surface area (Å²) in [4.78, 5) is 39.3. The summed E-state index contributed by atoms with van der Waals surface area (Å²) in [5.74, 6) is -1.14. The normalized spacial score (nSPS) is 20.5. The zero-order chi connectivity index (χ0) is 25.6. The Morgan fingerprint density at radius 2 is 1.77 bits per heavy atom. The summed E-state index contributed by atoms with van der Waals surface area (Å²) in [6, 6.07) is 15.6. The first-order valence-electron chi connectivity index (χ1n) is 11.3. The van der Waals surface area contributed by atoms with E-state index in [2.05, 4.69) is 26.6 Å². The van der Waals surface area contributed by atoms with E-state index in [1.54, 1.807) is 20.8 Å². The molecule has 35 heavy (non-hydrogen) atoms.